The molecule has 1 heterocycles. The number of hydrogen-bond donors (Lipinski definition) is 1. The minimum absolute atomic E-state index is 0.791. The quantitative estimate of drug-likeness (QED) is 0.825. The summed E-state index contributed by atoms with van der Waals surface area (Å²) in [7, 11) is 0. The molecule has 1 aromatic heterocycles. The van der Waals surface area contributed by atoms with Crippen LogP contribution in [0, 0.1) is 11.8 Å². The fourth-order valence-corrected chi connectivity index (χ4v) is 3.23. The van der Waals surface area contributed by atoms with E-state index in [4.69, 9.17) is 0 Å². The zero-order valence-corrected chi connectivity index (χ0v) is 8.96. The Hall–Kier alpha value is -0.480. The molecule has 2 aliphatic rings. The Morgan fingerprint density at radius 3 is 2.79 bits per heavy atom. The lowest BCUT2D eigenvalue weighted by Gasteiger charge is -2.04. The van der Waals surface area contributed by atoms with E-state index in [1.54, 1.807) is 0 Å². The van der Waals surface area contributed by atoms with Gasteiger partial charge in [-0.15, -0.1) is 5.10 Å². The van der Waals surface area contributed by atoms with E-state index >= 15 is 0 Å². The molecule has 2 atom stereocenters. The average molecular weight is 209 g/mol. The van der Waals surface area contributed by atoms with Crippen molar-refractivity contribution >= 4 is 11.5 Å². The molecule has 0 aromatic carbocycles. The van der Waals surface area contributed by atoms with Crippen LogP contribution < -0.4 is 5.32 Å². The molecule has 1 N–H and O–H groups in total. The molecule has 2 fully saturated rings. The maximum Gasteiger partial charge on any atom is 0.0893 e. The van der Waals surface area contributed by atoms with Gasteiger partial charge in [-0.25, -0.2) is 0 Å². The number of aromatic nitrogens is 2. The summed E-state index contributed by atoms with van der Waals surface area (Å²) in [6, 6.07) is 0.791. The number of nitrogens with zero attached hydrogens (tertiary/aromatic N) is 2. The Balaban J connectivity index is 1.50. The summed E-state index contributed by atoms with van der Waals surface area (Å²) in [6.45, 7) is 0.911. The molecule has 0 amide bonds. The minimum atomic E-state index is 0.791. The van der Waals surface area contributed by atoms with Crippen LogP contribution in [0.3, 0.4) is 0 Å². The first-order chi connectivity index (χ1) is 6.95. The Bertz CT molecular complexity index is 286. The van der Waals surface area contributed by atoms with Crippen LogP contribution in [0.1, 0.15) is 31.4 Å². The predicted octanol–water partition coefficient (Wildman–Crippen LogP) is 1.82. The van der Waals surface area contributed by atoms with Gasteiger partial charge in [-0.3, -0.25) is 0 Å². The van der Waals surface area contributed by atoms with Gasteiger partial charge in [0, 0.05) is 18.0 Å². The zero-order valence-electron chi connectivity index (χ0n) is 8.15. The third kappa shape index (κ3) is 1.57. The summed E-state index contributed by atoms with van der Waals surface area (Å²) in [6.07, 6.45) is 5.77. The molecule has 2 aliphatic carbocycles. The molecule has 4 heteroatoms. The number of rotatable bonds is 3. The lowest BCUT2D eigenvalue weighted by molar-refractivity contribution is 0.480. The SMILES string of the molecule is c1snnc1CNC1C2CCCCC21. The molecule has 0 radical (unpaired) electrons. The van der Waals surface area contributed by atoms with E-state index in [9.17, 15) is 0 Å². The molecule has 2 saturated carbocycles. The Labute approximate surface area is 88.1 Å². The standard InChI is InChI=1S/C10H15N3S/c1-2-4-9-8(3-1)10(9)11-5-7-6-14-13-12-7/h6,8-11H,1-5H2. The summed E-state index contributed by atoms with van der Waals surface area (Å²) < 4.78 is 3.86. The summed E-state index contributed by atoms with van der Waals surface area (Å²) in [5.74, 6) is 1.96. The van der Waals surface area contributed by atoms with Gasteiger partial charge in [-0.1, -0.05) is 17.3 Å². The smallest absolute Gasteiger partial charge is 0.0893 e. The monoisotopic (exact) mass is 209 g/mol. The van der Waals surface area contributed by atoms with E-state index in [-0.39, 0.29) is 0 Å². The second-order valence-electron chi connectivity index (χ2n) is 4.42. The first-order valence-corrected chi connectivity index (χ1v) is 6.28. The van der Waals surface area contributed by atoms with E-state index in [1.807, 2.05) is 5.38 Å². The molecule has 14 heavy (non-hydrogen) atoms. The van der Waals surface area contributed by atoms with Gasteiger partial charge >= 0.3 is 0 Å². The van der Waals surface area contributed by atoms with Gasteiger partial charge in [0.2, 0.25) is 0 Å². The van der Waals surface area contributed by atoms with Crippen LogP contribution in [-0.4, -0.2) is 15.6 Å². The van der Waals surface area contributed by atoms with Crippen LogP contribution in [0.2, 0.25) is 0 Å². The first kappa shape index (κ1) is 8.80. The number of hydrogen-bond acceptors (Lipinski definition) is 4. The van der Waals surface area contributed by atoms with E-state index in [2.05, 4.69) is 14.9 Å². The van der Waals surface area contributed by atoms with Crippen LogP contribution in [0.25, 0.3) is 0 Å². The van der Waals surface area contributed by atoms with E-state index in [1.165, 1.54) is 37.2 Å². The van der Waals surface area contributed by atoms with Crippen molar-refractivity contribution in [2.24, 2.45) is 11.8 Å². The van der Waals surface area contributed by atoms with E-state index in [0.29, 0.717) is 0 Å². The zero-order chi connectivity index (χ0) is 9.38. The molecule has 2 unspecified atom stereocenters. The van der Waals surface area contributed by atoms with Gasteiger partial charge in [0.1, 0.15) is 0 Å². The summed E-state index contributed by atoms with van der Waals surface area (Å²) in [4.78, 5) is 0. The largest absolute Gasteiger partial charge is 0.308 e. The summed E-state index contributed by atoms with van der Waals surface area (Å²) in [5, 5.41) is 9.67. The van der Waals surface area contributed by atoms with Gasteiger partial charge in [0.25, 0.3) is 0 Å². The molecule has 1 aromatic rings. The maximum atomic E-state index is 4.04. The van der Waals surface area contributed by atoms with Crippen molar-refractivity contribution in [2.45, 2.75) is 38.3 Å². The van der Waals surface area contributed by atoms with Gasteiger partial charge in [0.15, 0.2) is 0 Å². The highest BCUT2D eigenvalue weighted by Crippen LogP contribution is 2.49. The van der Waals surface area contributed by atoms with Crippen LogP contribution >= 0.6 is 11.5 Å². The predicted molar refractivity (Wildman–Crippen MR) is 56.0 cm³/mol. The molecule has 0 bridgehead atoms. The molecule has 0 aliphatic heterocycles. The Morgan fingerprint density at radius 2 is 2.14 bits per heavy atom. The van der Waals surface area contributed by atoms with Crippen molar-refractivity contribution in [1.82, 2.24) is 14.9 Å². The fourth-order valence-electron chi connectivity index (χ4n) is 2.78. The highest BCUT2D eigenvalue weighted by Gasteiger charge is 2.49. The van der Waals surface area contributed by atoms with Crippen molar-refractivity contribution in [1.29, 1.82) is 0 Å². The van der Waals surface area contributed by atoms with Gasteiger partial charge in [-0.2, -0.15) is 0 Å². The second-order valence-corrected chi connectivity index (χ2v) is 5.02. The molecular weight excluding hydrogens is 194 g/mol. The van der Waals surface area contributed by atoms with Crippen molar-refractivity contribution < 1.29 is 0 Å². The van der Waals surface area contributed by atoms with Crippen molar-refractivity contribution in [3.63, 3.8) is 0 Å². The Kier molecular flexibility index (Phi) is 2.25. The van der Waals surface area contributed by atoms with Crippen LogP contribution in [0.4, 0.5) is 0 Å². The van der Waals surface area contributed by atoms with Crippen LogP contribution in [0.15, 0.2) is 5.38 Å². The number of nitrogens with one attached hydrogen (secondary N) is 1. The minimum Gasteiger partial charge on any atom is -0.308 e. The van der Waals surface area contributed by atoms with E-state index < -0.39 is 0 Å². The fraction of sp³-hybridized carbons (Fsp3) is 0.800. The second kappa shape index (κ2) is 3.59. The summed E-state index contributed by atoms with van der Waals surface area (Å²) >= 11 is 1.44. The van der Waals surface area contributed by atoms with Crippen molar-refractivity contribution in [2.75, 3.05) is 0 Å². The highest BCUT2D eigenvalue weighted by molar-refractivity contribution is 7.03. The van der Waals surface area contributed by atoms with Gasteiger partial charge < -0.3 is 5.32 Å². The topological polar surface area (TPSA) is 37.8 Å². The molecule has 0 saturated heterocycles. The molecular formula is C10H15N3S. The van der Waals surface area contributed by atoms with Crippen molar-refractivity contribution in [3.05, 3.63) is 11.1 Å². The Morgan fingerprint density at radius 1 is 1.36 bits per heavy atom. The van der Waals surface area contributed by atoms with Crippen LogP contribution in [0.5, 0.6) is 0 Å². The molecule has 0 spiro atoms. The van der Waals surface area contributed by atoms with Gasteiger partial charge in [-0.05, 0) is 36.2 Å². The highest BCUT2D eigenvalue weighted by atomic mass is 32.1. The van der Waals surface area contributed by atoms with Crippen LogP contribution in [-0.2, 0) is 6.54 Å². The lowest BCUT2D eigenvalue weighted by atomic mass is 10.0. The average Bonchev–Trinajstić information content (AvgIpc) is 2.69. The summed E-state index contributed by atoms with van der Waals surface area (Å²) in [5.41, 5.74) is 1.10. The normalized spacial score (nSPS) is 35.3. The first-order valence-electron chi connectivity index (χ1n) is 5.44. The van der Waals surface area contributed by atoms with Gasteiger partial charge in [0.05, 0.1) is 5.69 Å². The number of fused-ring (bicyclic) bond motifs is 1. The van der Waals surface area contributed by atoms with Crippen molar-refractivity contribution in [3.8, 4) is 0 Å². The third-order valence-electron chi connectivity index (χ3n) is 3.58. The van der Waals surface area contributed by atoms with E-state index in [0.717, 1.165) is 30.1 Å². The lowest BCUT2D eigenvalue weighted by Crippen LogP contribution is -2.18. The molecule has 76 valence electrons. The maximum absolute atomic E-state index is 4.04. The third-order valence-corrected chi connectivity index (χ3v) is 4.13. The molecule has 3 nitrogen and oxygen atoms in total. The molecule has 3 rings (SSSR count).